The molecular weight excluding hydrogens is 947 g/mol. The van der Waals surface area contributed by atoms with Gasteiger partial charge < -0.3 is 20.3 Å². The number of nitrogens with one attached hydrogen (secondary N) is 1. The quantitative estimate of drug-likeness (QED) is 0.0320. The first-order valence-electron chi connectivity index (χ1n) is 34.8. The summed E-state index contributed by atoms with van der Waals surface area (Å²) in [6.07, 6.45) is 85.0. The van der Waals surface area contributed by atoms with Crippen LogP contribution < -0.4 is 5.32 Å². The minimum absolute atomic E-state index is 0.00179. The molecule has 2 unspecified atom stereocenters. The van der Waals surface area contributed by atoms with Gasteiger partial charge >= 0.3 is 5.97 Å². The third-order valence-corrected chi connectivity index (χ3v) is 16.1. The number of carbonyl (C=O) groups excluding carboxylic acids is 2. The van der Waals surface area contributed by atoms with Crippen molar-refractivity contribution in [3.8, 4) is 0 Å². The van der Waals surface area contributed by atoms with Crippen molar-refractivity contribution in [3.05, 3.63) is 36.5 Å². The van der Waals surface area contributed by atoms with Gasteiger partial charge in [0.05, 0.1) is 25.4 Å². The van der Waals surface area contributed by atoms with Crippen molar-refractivity contribution in [2.75, 3.05) is 13.2 Å². The molecule has 0 aliphatic carbocycles. The smallest absolute Gasteiger partial charge is 0.305 e. The van der Waals surface area contributed by atoms with Gasteiger partial charge in [-0.2, -0.15) is 0 Å². The van der Waals surface area contributed by atoms with Crippen molar-refractivity contribution in [2.24, 2.45) is 0 Å². The van der Waals surface area contributed by atoms with Gasteiger partial charge in [-0.25, -0.2) is 0 Å². The van der Waals surface area contributed by atoms with Crippen LogP contribution in [-0.4, -0.2) is 47.4 Å². The highest BCUT2D eigenvalue weighted by Crippen LogP contribution is 2.18. The molecule has 0 aromatic rings. The van der Waals surface area contributed by atoms with Crippen molar-refractivity contribution in [1.29, 1.82) is 0 Å². The first-order chi connectivity index (χ1) is 38.0. The number of aliphatic hydroxyl groups excluding tert-OH is 2. The molecule has 6 nitrogen and oxygen atoms in total. The fraction of sp³-hybridized carbons (Fsp3) is 0.887. The Bertz CT molecular complexity index is 1250. The molecule has 6 heteroatoms. The zero-order valence-corrected chi connectivity index (χ0v) is 52.0. The molecule has 0 fully saturated rings. The molecular formula is C71H135NO5. The lowest BCUT2D eigenvalue weighted by molar-refractivity contribution is -0.143. The summed E-state index contributed by atoms with van der Waals surface area (Å²) in [4.78, 5) is 24.6. The maximum Gasteiger partial charge on any atom is 0.305 e. The van der Waals surface area contributed by atoms with E-state index in [1.165, 1.54) is 302 Å². The van der Waals surface area contributed by atoms with Crippen molar-refractivity contribution in [2.45, 2.75) is 392 Å². The average molecular weight is 1080 g/mol. The van der Waals surface area contributed by atoms with Crippen molar-refractivity contribution in [3.63, 3.8) is 0 Å². The highest BCUT2D eigenvalue weighted by Gasteiger charge is 2.18. The summed E-state index contributed by atoms with van der Waals surface area (Å²) in [6.45, 7) is 4.92. The van der Waals surface area contributed by atoms with E-state index in [-0.39, 0.29) is 18.5 Å². The van der Waals surface area contributed by atoms with Crippen LogP contribution in [0.3, 0.4) is 0 Å². The van der Waals surface area contributed by atoms with E-state index < -0.39 is 12.1 Å². The summed E-state index contributed by atoms with van der Waals surface area (Å²) < 4.78 is 5.48. The van der Waals surface area contributed by atoms with Gasteiger partial charge in [0, 0.05) is 12.8 Å². The Morgan fingerprint density at radius 2 is 0.610 bits per heavy atom. The largest absolute Gasteiger partial charge is 0.466 e. The van der Waals surface area contributed by atoms with Crippen LogP contribution in [0.4, 0.5) is 0 Å². The molecule has 0 rings (SSSR count). The molecule has 2 atom stereocenters. The first kappa shape index (κ1) is 75.1. The van der Waals surface area contributed by atoms with E-state index in [2.05, 4.69) is 43.5 Å². The molecule has 0 aromatic carbocycles. The Balaban J connectivity index is 3.46. The van der Waals surface area contributed by atoms with Gasteiger partial charge in [0.25, 0.3) is 0 Å². The monoisotopic (exact) mass is 1080 g/mol. The van der Waals surface area contributed by atoms with Gasteiger partial charge in [0.1, 0.15) is 0 Å². The number of rotatable bonds is 65. The molecule has 0 radical (unpaired) electrons. The molecule has 1 amide bonds. The van der Waals surface area contributed by atoms with Crippen LogP contribution in [0.5, 0.6) is 0 Å². The summed E-state index contributed by atoms with van der Waals surface area (Å²) in [5.41, 5.74) is 0. The van der Waals surface area contributed by atoms with Gasteiger partial charge in [-0.1, -0.05) is 320 Å². The molecule has 0 aliphatic rings. The molecule has 0 aliphatic heterocycles. The molecule has 0 heterocycles. The number of ether oxygens (including phenoxy) is 1. The van der Waals surface area contributed by atoms with Crippen LogP contribution >= 0.6 is 0 Å². The Hall–Kier alpha value is -1.92. The van der Waals surface area contributed by atoms with Crippen LogP contribution in [0.1, 0.15) is 380 Å². The average Bonchev–Trinajstić information content (AvgIpc) is 3.43. The summed E-state index contributed by atoms with van der Waals surface area (Å²) in [7, 11) is 0. The van der Waals surface area contributed by atoms with Gasteiger partial charge in [-0.3, -0.25) is 9.59 Å². The fourth-order valence-electron chi connectivity index (χ4n) is 10.8. The molecule has 454 valence electrons. The number of hydrogen-bond donors (Lipinski definition) is 3. The summed E-state index contributed by atoms with van der Waals surface area (Å²) in [5.74, 6) is -0.0748. The predicted octanol–water partition coefficient (Wildman–Crippen LogP) is 22.3. The zero-order valence-electron chi connectivity index (χ0n) is 52.0. The molecule has 0 saturated heterocycles. The second-order valence-electron chi connectivity index (χ2n) is 23.9. The number of esters is 1. The second-order valence-corrected chi connectivity index (χ2v) is 23.9. The summed E-state index contributed by atoms with van der Waals surface area (Å²) >= 11 is 0. The lowest BCUT2D eigenvalue weighted by atomic mass is 10.0. The number of aliphatic hydroxyl groups is 2. The number of unbranched alkanes of at least 4 members (excludes halogenated alkanes) is 50. The lowest BCUT2D eigenvalue weighted by Gasteiger charge is -2.20. The Morgan fingerprint density at radius 3 is 0.922 bits per heavy atom. The number of hydrogen-bond acceptors (Lipinski definition) is 5. The minimum atomic E-state index is -0.852. The predicted molar refractivity (Wildman–Crippen MR) is 338 cm³/mol. The lowest BCUT2D eigenvalue weighted by Crippen LogP contribution is -2.45. The van der Waals surface area contributed by atoms with E-state index in [1.807, 2.05) is 6.08 Å². The van der Waals surface area contributed by atoms with E-state index in [1.54, 1.807) is 6.08 Å². The third kappa shape index (κ3) is 63.1. The standard InChI is InChI=1S/C71H135NO5/c1-3-5-7-9-11-13-15-17-19-20-21-22-23-24-25-26-29-32-36-39-43-47-51-55-59-63-69(74)68(67-73)72-70(75)64-60-56-52-48-44-40-37-33-30-27-28-31-34-38-42-46-50-54-58-62-66-77-71(76)65-61-57-53-49-45-41-35-18-16-14-12-10-8-6-4-2/h18,27,30,35,59,63,68-69,73-74H,3-17,19-26,28-29,31-34,36-58,60-62,64-67H2,1-2H3,(H,72,75)/b30-27-,35-18-,63-59+. The maximum absolute atomic E-state index is 12.5. The summed E-state index contributed by atoms with van der Waals surface area (Å²) in [5, 5.41) is 23.3. The van der Waals surface area contributed by atoms with Gasteiger partial charge in [0.15, 0.2) is 0 Å². The van der Waals surface area contributed by atoms with E-state index in [0.29, 0.717) is 19.4 Å². The fourth-order valence-corrected chi connectivity index (χ4v) is 10.8. The van der Waals surface area contributed by atoms with E-state index >= 15 is 0 Å². The van der Waals surface area contributed by atoms with E-state index in [9.17, 15) is 19.8 Å². The Kier molecular flexibility index (Phi) is 64.9. The molecule has 0 bridgehead atoms. The summed E-state index contributed by atoms with van der Waals surface area (Å²) in [6, 6.07) is -0.636. The van der Waals surface area contributed by atoms with Crippen molar-refractivity contribution < 1.29 is 24.5 Å². The van der Waals surface area contributed by atoms with Crippen LogP contribution in [0.15, 0.2) is 36.5 Å². The molecule has 0 spiro atoms. The third-order valence-electron chi connectivity index (χ3n) is 16.1. The van der Waals surface area contributed by atoms with Gasteiger partial charge in [-0.15, -0.1) is 0 Å². The van der Waals surface area contributed by atoms with E-state index in [4.69, 9.17) is 4.74 Å². The van der Waals surface area contributed by atoms with Crippen LogP contribution in [0.25, 0.3) is 0 Å². The zero-order chi connectivity index (χ0) is 55.7. The Labute approximate surface area is 481 Å². The van der Waals surface area contributed by atoms with Gasteiger partial charge in [-0.05, 0) is 83.5 Å². The second kappa shape index (κ2) is 66.6. The number of amides is 1. The number of carbonyl (C=O) groups is 2. The topological polar surface area (TPSA) is 95.9 Å². The van der Waals surface area contributed by atoms with Crippen molar-refractivity contribution >= 4 is 11.9 Å². The SMILES string of the molecule is CCCCCCCC/C=C\CCCCCCCC(=O)OCCCCCCCCCCC/C=C\CCCCCCCCCC(=O)NC(CO)C(O)/C=C/CCCCCCCCCCCCCCCCCCCCCCCCC. The number of allylic oxidation sites excluding steroid dienone is 5. The normalized spacial score (nSPS) is 12.7. The van der Waals surface area contributed by atoms with Crippen LogP contribution in [-0.2, 0) is 14.3 Å². The molecule has 0 aromatic heterocycles. The first-order valence-corrected chi connectivity index (χ1v) is 34.8. The Morgan fingerprint density at radius 1 is 0.351 bits per heavy atom. The molecule has 77 heavy (non-hydrogen) atoms. The molecule has 0 saturated carbocycles. The van der Waals surface area contributed by atoms with Crippen molar-refractivity contribution in [1.82, 2.24) is 5.32 Å². The van der Waals surface area contributed by atoms with Crippen LogP contribution in [0.2, 0.25) is 0 Å². The van der Waals surface area contributed by atoms with Gasteiger partial charge in [0.2, 0.25) is 5.91 Å². The highest BCUT2D eigenvalue weighted by atomic mass is 16.5. The van der Waals surface area contributed by atoms with Crippen LogP contribution in [0, 0.1) is 0 Å². The maximum atomic E-state index is 12.5. The van der Waals surface area contributed by atoms with E-state index in [0.717, 1.165) is 51.4 Å². The minimum Gasteiger partial charge on any atom is -0.466 e. The highest BCUT2D eigenvalue weighted by molar-refractivity contribution is 5.76. The molecule has 3 N–H and O–H groups in total.